The Morgan fingerprint density at radius 2 is 2.00 bits per heavy atom. The van der Waals surface area contributed by atoms with E-state index < -0.39 is 18.0 Å². The van der Waals surface area contributed by atoms with E-state index in [0.717, 1.165) is 6.42 Å². The molecule has 0 radical (unpaired) electrons. The number of carbonyl (C=O) groups is 3. The van der Waals surface area contributed by atoms with Gasteiger partial charge < -0.3 is 20.7 Å². The Balaban J connectivity index is 1.63. The lowest BCUT2D eigenvalue weighted by atomic mass is 10.0. The summed E-state index contributed by atoms with van der Waals surface area (Å²) in [6.45, 7) is 3.05. The Labute approximate surface area is 179 Å². The van der Waals surface area contributed by atoms with Crippen LogP contribution in [0, 0.1) is 0 Å². The molecule has 1 saturated heterocycles. The Morgan fingerprint density at radius 1 is 1.26 bits per heavy atom. The van der Waals surface area contributed by atoms with Crippen molar-refractivity contribution in [3.8, 4) is 11.4 Å². The van der Waals surface area contributed by atoms with Gasteiger partial charge in [0.05, 0.1) is 25.0 Å². The third-order valence-electron chi connectivity index (χ3n) is 5.26. The lowest BCUT2D eigenvalue weighted by Gasteiger charge is -2.34. The Bertz CT molecular complexity index is 937. The highest BCUT2D eigenvalue weighted by molar-refractivity contribution is 5.88. The van der Waals surface area contributed by atoms with Gasteiger partial charge in [0, 0.05) is 13.1 Å². The van der Waals surface area contributed by atoms with Crippen LogP contribution in [0.15, 0.2) is 24.4 Å². The van der Waals surface area contributed by atoms with Crippen LogP contribution in [-0.4, -0.2) is 69.0 Å². The maximum Gasteiger partial charge on any atom is 0.356 e. The monoisotopic (exact) mass is 429 g/mol. The van der Waals surface area contributed by atoms with Crippen LogP contribution in [0.5, 0.6) is 0 Å². The summed E-state index contributed by atoms with van der Waals surface area (Å²) < 4.78 is 6.48. The molecule has 0 spiro atoms. The number of methoxy groups -OCH3 is 1. The summed E-state index contributed by atoms with van der Waals surface area (Å²) in [4.78, 5) is 41.7. The third kappa shape index (κ3) is 5.36. The first-order chi connectivity index (χ1) is 14.9. The van der Waals surface area contributed by atoms with Gasteiger partial charge in [0.25, 0.3) is 0 Å². The fourth-order valence-corrected chi connectivity index (χ4v) is 3.66. The summed E-state index contributed by atoms with van der Waals surface area (Å²) in [5.74, 6) is -0.624. The Kier molecular flexibility index (Phi) is 7.16. The zero-order chi connectivity index (χ0) is 22.4. The number of aromatic nitrogens is 4. The van der Waals surface area contributed by atoms with Crippen LogP contribution < -0.4 is 11.1 Å². The molecule has 0 unspecified atom stereocenters. The Morgan fingerprint density at radius 3 is 2.65 bits per heavy atom. The molecule has 2 aromatic rings. The van der Waals surface area contributed by atoms with Gasteiger partial charge in [0.2, 0.25) is 5.91 Å². The van der Waals surface area contributed by atoms with E-state index in [1.54, 1.807) is 34.0 Å². The lowest BCUT2D eigenvalue weighted by molar-refractivity contribution is -0.134. The number of rotatable bonds is 7. The maximum atomic E-state index is 12.7. The zero-order valence-electron chi connectivity index (χ0n) is 17.7. The van der Waals surface area contributed by atoms with Crippen molar-refractivity contribution in [3.63, 3.8) is 0 Å². The van der Waals surface area contributed by atoms with Crippen LogP contribution >= 0.6 is 0 Å². The van der Waals surface area contributed by atoms with Gasteiger partial charge in [-0.3, -0.25) is 4.79 Å². The first-order valence-corrected chi connectivity index (χ1v) is 10.2. The van der Waals surface area contributed by atoms with Gasteiger partial charge in [-0.05, 0) is 31.4 Å². The molecule has 0 bridgehead atoms. The van der Waals surface area contributed by atoms with Crippen molar-refractivity contribution in [2.75, 3.05) is 20.2 Å². The minimum atomic E-state index is -0.693. The highest BCUT2D eigenvalue weighted by Gasteiger charge is 2.29. The molecular formula is C20H27N7O4. The number of esters is 1. The molecule has 0 aromatic carbocycles. The number of amides is 3. The summed E-state index contributed by atoms with van der Waals surface area (Å²) >= 11 is 0. The van der Waals surface area contributed by atoms with Crippen molar-refractivity contribution in [2.45, 2.75) is 44.7 Å². The molecule has 3 heterocycles. The van der Waals surface area contributed by atoms with E-state index in [4.69, 9.17) is 10.5 Å². The van der Waals surface area contributed by atoms with E-state index in [9.17, 15) is 14.4 Å². The first-order valence-electron chi connectivity index (χ1n) is 10.2. The molecule has 3 rings (SSSR count). The summed E-state index contributed by atoms with van der Waals surface area (Å²) in [6, 6.07) is 3.84. The van der Waals surface area contributed by atoms with E-state index in [0.29, 0.717) is 43.7 Å². The van der Waals surface area contributed by atoms with Crippen molar-refractivity contribution in [1.29, 1.82) is 0 Å². The van der Waals surface area contributed by atoms with E-state index in [-0.39, 0.29) is 17.6 Å². The molecule has 2 aromatic heterocycles. The molecule has 1 aliphatic heterocycles. The topological polar surface area (TPSA) is 145 Å². The molecule has 1 atom stereocenters. The molecule has 31 heavy (non-hydrogen) atoms. The first kappa shape index (κ1) is 22.2. The van der Waals surface area contributed by atoms with Gasteiger partial charge in [-0.15, -0.1) is 5.10 Å². The van der Waals surface area contributed by atoms with E-state index in [1.165, 1.54) is 7.11 Å². The van der Waals surface area contributed by atoms with Crippen LogP contribution in [0.3, 0.4) is 0 Å². The minimum absolute atomic E-state index is 0.0859. The summed E-state index contributed by atoms with van der Waals surface area (Å²) in [7, 11) is 1.30. The molecule has 1 aliphatic rings. The predicted molar refractivity (Wildman–Crippen MR) is 111 cm³/mol. The van der Waals surface area contributed by atoms with Crippen molar-refractivity contribution in [1.82, 2.24) is 30.2 Å². The number of likely N-dealkylation sites (tertiary alicyclic amines) is 1. The van der Waals surface area contributed by atoms with Gasteiger partial charge in [-0.25, -0.2) is 19.3 Å². The second-order valence-electron chi connectivity index (χ2n) is 7.39. The van der Waals surface area contributed by atoms with Crippen molar-refractivity contribution in [2.24, 2.45) is 5.73 Å². The number of pyridine rings is 1. The van der Waals surface area contributed by atoms with Crippen LogP contribution in [0.4, 0.5) is 4.79 Å². The number of carbonyl (C=O) groups excluding carboxylic acids is 3. The van der Waals surface area contributed by atoms with E-state index in [1.807, 2.05) is 6.92 Å². The third-order valence-corrected chi connectivity index (χ3v) is 5.26. The van der Waals surface area contributed by atoms with Crippen LogP contribution in [-0.2, 0) is 9.53 Å². The molecule has 11 heteroatoms. The average Bonchev–Trinajstić information content (AvgIpc) is 3.28. The summed E-state index contributed by atoms with van der Waals surface area (Å²) in [5, 5.41) is 10.9. The average molecular weight is 429 g/mol. The standard InChI is InChI=1S/C20H27N7O4/c1-3-5-15(23-20(21)30)18(28)26-10-8-13(9-11-26)27-12-17(24-25-27)14-6-4-7-16(22-14)19(29)31-2/h4,6-7,12-13,15H,3,5,8-11H2,1-2H3,(H3,21,23,30)/t15-/m1/s1. The number of primary amides is 1. The van der Waals surface area contributed by atoms with E-state index in [2.05, 4.69) is 20.6 Å². The van der Waals surface area contributed by atoms with Gasteiger partial charge >= 0.3 is 12.0 Å². The molecule has 3 N–H and O–H groups in total. The second kappa shape index (κ2) is 10.0. The summed E-state index contributed by atoms with van der Waals surface area (Å²) in [5.41, 5.74) is 6.49. The number of hydrogen-bond acceptors (Lipinski definition) is 7. The fraction of sp³-hybridized carbons (Fsp3) is 0.500. The lowest BCUT2D eigenvalue weighted by Crippen LogP contribution is -2.52. The van der Waals surface area contributed by atoms with Gasteiger partial charge in [-0.1, -0.05) is 24.6 Å². The molecule has 3 amide bonds. The predicted octanol–water partition coefficient (Wildman–Crippen LogP) is 1.13. The van der Waals surface area contributed by atoms with E-state index >= 15 is 0 Å². The molecule has 0 saturated carbocycles. The number of piperidine rings is 1. The van der Waals surface area contributed by atoms with Crippen molar-refractivity contribution < 1.29 is 19.1 Å². The Hall–Kier alpha value is -3.50. The molecule has 0 aliphatic carbocycles. The largest absolute Gasteiger partial charge is 0.464 e. The van der Waals surface area contributed by atoms with Crippen molar-refractivity contribution >= 4 is 17.9 Å². The van der Waals surface area contributed by atoms with Gasteiger partial charge in [-0.2, -0.15) is 0 Å². The quantitative estimate of drug-likeness (QED) is 0.627. The number of nitrogens with two attached hydrogens (primary N) is 1. The summed E-state index contributed by atoms with van der Waals surface area (Å²) in [6.07, 6.45) is 4.52. The number of hydrogen-bond donors (Lipinski definition) is 2. The minimum Gasteiger partial charge on any atom is -0.464 e. The smallest absolute Gasteiger partial charge is 0.356 e. The second-order valence-corrected chi connectivity index (χ2v) is 7.39. The fourth-order valence-electron chi connectivity index (χ4n) is 3.66. The zero-order valence-corrected chi connectivity index (χ0v) is 17.7. The number of ether oxygens (including phenoxy) is 1. The van der Waals surface area contributed by atoms with Crippen LogP contribution in [0.2, 0.25) is 0 Å². The molecular weight excluding hydrogens is 402 g/mol. The van der Waals surface area contributed by atoms with Crippen LogP contribution in [0.1, 0.15) is 49.1 Å². The SMILES string of the molecule is CCC[C@@H](NC(N)=O)C(=O)N1CCC(n2cc(-c3cccc(C(=O)OC)n3)nn2)CC1. The molecule has 1 fully saturated rings. The molecule has 11 nitrogen and oxygen atoms in total. The maximum absolute atomic E-state index is 12.7. The highest BCUT2D eigenvalue weighted by atomic mass is 16.5. The number of nitrogens with one attached hydrogen (secondary N) is 1. The van der Waals surface area contributed by atoms with Gasteiger partial charge in [0.15, 0.2) is 0 Å². The number of urea groups is 1. The number of nitrogens with zero attached hydrogens (tertiary/aromatic N) is 5. The highest BCUT2D eigenvalue weighted by Crippen LogP contribution is 2.24. The normalized spacial score (nSPS) is 15.4. The van der Waals surface area contributed by atoms with Crippen LogP contribution in [0.25, 0.3) is 11.4 Å². The van der Waals surface area contributed by atoms with Crippen molar-refractivity contribution in [3.05, 3.63) is 30.1 Å². The van der Waals surface area contributed by atoms with Gasteiger partial charge in [0.1, 0.15) is 17.4 Å². The molecule has 166 valence electrons.